The molecular formula is C14H30N9O8Ru2+2. The maximum atomic E-state index is 10.6. The van der Waals surface area contributed by atoms with Crippen LogP contribution in [0.1, 0.15) is 0 Å². The van der Waals surface area contributed by atoms with Crippen LogP contribution >= 0.6 is 0 Å². The summed E-state index contributed by atoms with van der Waals surface area (Å²) >= 11 is 0. The summed E-state index contributed by atoms with van der Waals surface area (Å²) in [5.41, 5.74) is 0. The maximum absolute atomic E-state index is 10.6. The number of aromatic nitrogens is 2. The van der Waals surface area contributed by atoms with Crippen molar-refractivity contribution in [3.8, 4) is 0 Å². The molecule has 1 aromatic rings. The summed E-state index contributed by atoms with van der Waals surface area (Å²) in [6.45, 7) is -2.25. The molecule has 0 saturated carbocycles. The van der Waals surface area contributed by atoms with E-state index in [1.807, 2.05) is 0 Å². The predicted octanol–water partition coefficient (Wildman–Crippen LogP) is 1.99. The Bertz CT molecular complexity index is 511. The third kappa shape index (κ3) is 37.6. The number of nitrogens with zero attached hydrogens (tertiary/aromatic N) is 4. The molecule has 0 aromatic carbocycles. The van der Waals surface area contributed by atoms with Gasteiger partial charge in [-0.15, -0.1) is 0 Å². The second-order valence-corrected chi connectivity index (χ2v) is 4.89. The van der Waals surface area contributed by atoms with E-state index in [1.165, 1.54) is 0 Å². The van der Waals surface area contributed by atoms with Gasteiger partial charge in [-0.25, -0.2) is 0 Å². The summed E-state index contributed by atoms with van der Waals surface area (Å²) in [5.74, 6) is -4.91. The number of nitrogens with two attached hydrogens (primary N) is 5. The Hall–Kier alpha value is -2.07. The van der Waals surface area contributed by atoms with Gasteiger partial charge in [0, 0.05) is 37.9 Å². The van der Waals surface area contributed by atoms with Gasteiger partial charge >= 0.3 is 62.8 Å². The van der Waals surface area contributed by atoms with Gasteiger partial charge < -0.3 is 51.2 Å². The van der Waals surface area contributed by atoms with Crippen LogP contribution in [0, 0.1) is 0 Å². The number of carbonyl (C=O) groups is 4. The van der Waals surface area contributed by atoms with Crippen molar-refractivity contribution in [2.45, 2.75) is 0 Å². The zero-order valence-corrected chi connectivity index (χ0v) is 20.8. The largest absolute Gasteiger partial charge is 5.00 e. The Morgan fingerprint density at radius 2 is 0.727 bits per heavy atom. The van der Waals surface area contributed by atoms with Gasteiger partial charge in [0.05, 0.1) is 26.2 Å². The van der Waals surface area contributed by atoms with Gasteiger partial charge in [-0.1, -0.05) is 0 Å². The van der Waals surface area contributed by atoms with Crippen molar-refractivity contribution in [2.24, 2.45) is 0 Å². The van der Waals surface area contributed by atoms with Crippen molar-refractivity contribution >= 4 is 23.9 Å². The monoisotopic (exact) mass is 656 g/mol. The first-order valence-electron chi connectivity index (χ1n) is 7.22. The molecule has 1 heterocycles. The zero-order chi connectivity index (χ0) is 19.9. The minimum absolute atomic E-state index is 0. The van der Waals surface area contributed by atoms with E-state index in [0.717, 1.165) is 9.80 Å². The van der Waals surface area contributed by atoms with Crippen LogP contribution in [0.3, 0.4) is 0 Å². The normalized spacial score (nSPS) is 7.94. The summed E-state index contributed by atoms with van der Waals surface area (Å²) in [4.78, 5) is 51.8. The molecule has 0 saturated heterocycles. The van der Waals surface area contributed by atoms with Crippen LogP contribution in [-0.2, 0) is 58.1 Å². The van der Waals surface area contributed by atoms with E-state index >= 15 is 0 Å². The van der Waals surface area contributed by atoms with Crippen LogP contribution in [0.25, 0.3) is 30.8 Å². The summed E-state index contributed by atoms with van der Waals surface area (Å²) in [6.07, 6.45) is 6.56. The average Bonchev–Trinajstić information content (AvgIpc) is 2.52. The number of aliphatic carboxylic acids is 4. The first kappa shape index (κ1) is 52.7. The fourth-order valence-corrected chi connectivity index (χ4v) is 1.73. The average molecular weight is 655 g/mol. The summed E-state index contributed by atoms with van der Waals surface area (Å²) in [5, 5.41) is 34.5. The zero-order valence-electron chi connectivity index (χ0n) is 17.4. The molecule has 0 fully saturated rings. The van der Waals surface area contributed by atoms with Crippen LogP contribution in [0.5, 0.6) is 0 Å². The molecule has 1 aromatic heterocycles. The van der Waals surface area contributed by atoms with E-state index in [9.17, 15) is 19.2 Å². The van der Waals surface area contributed by atoms with Crippen LogP contribution < -0.4 is 0 Å². The smallest absolute Gasteiger partial charge is 0.693 e. The van der Waals surface area contributed by atoms with Gasteiger partial charge in [0.25, 0.3) is 0 Å². The van der Waals surface area contributed by atoms with Crippen molar-refractivity contribution < 1.29 is 78.6 Å². The Kier molecular flexibility index (Phi) is 51.3. The second kappa shape index (κ2) is 32.1. The molecule has 0 bridgehead atoms. The molecule has 17 nitrogen and oxygen atoms in total. The molecule has 0 aliphatic heterocycles. The van der Waals surface area contributed by atoms with E-state index < -0.39 is 50.1 Å². The predicted molar refractivity (Wildman–Crippen MR) is 112 cm³/mol. The summed E-state index contributed by atoms with van der Waals surface area (Å²) in [7, 11) is 0. The Morgan fingerprint density at radius 1 is 0.545 bits per heavy atom. The fourth-order valence-electron chi connectivity index (χ4n) is 1.73. The summed E-state index contributed by atoms with van der Waals surface area (Å²) < 4.78 is 0. The van der Waals surface area contributed by atoms with E-state index in [0.29, 0.717) is 0 Å². The van der Waals surface area contributed by atoms with Gasteiger partial charge in [-0.05, 0) is 0 Å². The molecular weight excluding hydrogens is 624 g/mol. The van der Waals surface area contributed by atoms with Crippen molar-refractivity contribution in [2.75, 3.05) is 39.3 Å². The molecule has 0 unspecified atom stereocenters. The van der Waals surface area contributed by atoms with Gasteiger partial charge in [-0.2, -0.15) is 0 Å². The third-order valence-corrected chi connectivity index (χ3v) is 2.65. The van der Waals surface area contributed by atoms with Crippen molar-refractivity contribution in [1.29, 1.82) is 0 Å². The molecule has 0 spiro atoms. The molecule has 14 N–H and O–H groups in total. The molecule has 1 rings (SSSR count). The van der Waals surface area contributed by atoms with Crippen LogP contribution in [0.15, 0.2) is 24.8 Å². The van der Waals surface area contributed by atoms with Gasteiger partial charge in [0.15, 0.2) is 0 Å². The van der Waals surface area contributed by atoms with Gasteiger partial charge in [0.1, 0.15) is 0 Å². The SMILES string of the molecule is O=C(O)CN(CCN(CC(=O)O)CC(=O)O)CC(=O)O.[NH2-].[NH2-].[NH2-].[NH2-].[NH2-].[Ru+2].[Ru+5].c1cnccn1. The molecule has 0 aliphatic carbocycles. The number of hydrogen-bond acceptors (Lipinski definition) is 8. The minimum atomic E-state index is -1.23. The van der Waals surface area contributed by atoms with Gasteiger partial charge in [0.2, 0.25) is 0 Å². The van der Waals surface area contributed by atoms with Crippen molar-refractivity contribution in [1.82, 2.24) is 19.8 Å². The van der Waals surface area contributed by atoms with Crippen LogP contribution in [0.4, 0.5) is 0 Å². The Morgan fingerprint density at radius 3 is 0.848 bits per heavy atom. The minimum Gasteiger partial charge on any atom is -0.693 e. The quantitative estimate of drug-likeness (QED) is 0.249. The first-order valence-corrected chi connectivity index (χ1v) is 7.22. The van der Waals surface area contributed by atoms with E-state index in [2.05, 4.69) is 9.97 Å². The molecule has 33 heavy (non-hydrogen) atoms. The molecule has 0 aliphatic rings. The standard InChI is InChI=1S/C10H16N2O8.C4H4N2.5H2N.2Ru/c13-7(14)3-11(4-8(15)16)1-2-12(5-9(17)18)6-10(19)20;1-2-6-4-3-5-1;;;;;;;/h1-6H2,(H,13,14)(H,15,16)(H,17,18)(H,19,20);1-4H;5*1H2;;/q;;5*-1;+2;+5. The fraction of sp³-hybridized carbons (Fsp3) is 0.429. The molecule has 193 valence electrons. The van der Waals surface area contributed by atoms with E-state index in [1.54, 1.807) is 24.8 Å². The van der Waals surface area contributed by atoms with Crippen molar-refractivity contribution in [3.05, 3.63) is 55.5 Å². The van der Waals surface area contributed by atoms with Crippen molar-refractivity contribution in [3.63, 3.8) is 0 Å². The number of carboxylic acid groups (broad SMARTS) is 4. The number of rotatable bonds is 11. The topological polar surface area (TPSA) is 349 Å². The van der Waals surface area contributed by atoms with Crippen LogP contribution in [0.2, 0.25) is 0 Å². The maximum Gasteiger partial charge on any atom is 5.00 e. The summed E-state index contributed by atoms with van der Waals surface area (Å²) in [6, 6.07) is 0. The Balaban J connectivity index is -0.0000000702. The molecule has 1 radical (unpaired) electrons. The van der Waals surface area contributed by atoms with E-state index in [4.69, 9.17) is 20.4 Å². The second-order valence-electron chi connectivity index (χ2n) is 4.89. The molecule has 0 atom stereocenters. The third-order valence-electron chi connectivity index (χ3n) is 2.65. The van der Waals surface area contributed by atoms with Crippen LogP contribution in [-0.4, -0.2) is 103 Å². The number of hydrogen-bond donors (Lipinski definition) is 4. The first-order chi connectivity index (χ1) is 12.2. The molecule has 0 amide bonds. The molecule has 19 heteroatoms. The van der Waals surface area contributed by atoms with Gasteiger partial charge in [-0.3, -0.25) is 38.9 Å². The number of carboxylic acids is 4. The Labute approximate surface area is 216 Å². The van der Waals surface area contributed by atoms with E-state index in [-0.39, 0.29) is 82.8 Å².